The van der Waals surface area contributed by atoms with E-state index in [9.17, 15) is 9.59 Å². The second-order valence-corrected chi connectivity index (χ2v) is 9.53. The number of carbonyl (C=O) groups is 1. The minimum atomic E-state index is -0.224. The number of carbonyl (C=O) groups excluding carboxylic acids is 1. The minimum Gasteiger partial charge on any atom is -0.381 e. The number of ether oxygens (including phenoxy) is 2. The average Bonchev–Trinajstić information content (AvgIpc) is 3.31. The van der Waals surface area contributed by atoms with E-state index in [-0.39, 0.29) is 29.7 Å². The van der Waals surface area contributed by atoms with E-state index in [1.807, 2.05) is 12.3 Å². The first-order chi connectivity index (χ1) is 17.1. The molecule has 1 aliphatic heterocycles. The van der Waals surface area contributed by atoms with Crippen LogP contribution in [0.15, 0.2) is 35.4 Å². The summed E-state index contributed by atoms with van der Waals surface area (Å²) in [5.41, 5.74) is 1.12. The van der Waals surface area contributed by atoms with Crippen LogP contribution in [0.3, 0.4) is 0 Å². The molecule has 11 nitrogen and oxygen atoms in total. The third-order valence-electron chi connectivity index (χ3n) is 7.49. The molecule has 2 saturated carbocycles. The van der Waals surface area contributed by atoms with Gasteiger partial charge in [-0.2, -0.15) is 9.61 Å². The van der Waals surface area contributed by atoms with E-state index in [4.69, 9.17) is 9.47 Å². The Kier molecular flexibility index (Phi) is 5.45. The molecule has 2 aliphatic carbocycles. The fourth-order valence-corrected chi connectivity index (χ4v) is 5.51. The summed E-state index contributed by atoms with van der Waals surface area (Å²) in [6.07, 6.45) is 6.12. The number of rotatable bonds is 7. The summed E-state index contributed by atoms with van der Waals surface area (Å²) < 4.78 is 14.3. The van der Waals surface area contributed by atoms with Crippen molar-refractivity contribution < 1.29 is 14.3 Å². The molecule has 3 aromatic rings. The van der Waals surface area contributed by atoms with Crippen molar-refractivity contribution in [1.82, 2.24) is 24.5 Å². The average molecular weight is 480 g/mol. The third kappa shape index (κ3) is 3.84. The molecule has 0 bridgehead atoms. The lowest BCUT2D eigenvalue weighted by atomic mass is 10.2. The van der Waals surface area contributed by atoms with Gasteiger partial charge >= 0.3 is 0 Å². The first kappa shape index (κ1) is 22.1. The number of nitrogens with zero attached hydrogens (tertiary/aromatic N) is 4. The number of pyridine rings is 1. The maximum Gasteiger partial charge on any atom is 0.274 e. The van der Waals surface area contributed by atoms with Gasteiger partial charge in [-0.05, 0) is 31.4 Å². The van der Waals surface area contributed by atoms with E-state index in [0.29, 0.717) is 53.6 Å². The van der Waals surface area contributed by atoms with Crippen LogP contribution in [0.1, 0.15) is 35.7 Å². The highest BCUT2D eigenvalue weighted by atomic mass is 16.5. The molecule has 184 valence electrons. The van der Waals surface area contributed by atoms with Gasteiger partial charge in [0.1, 0.15) is 22.9 Å². The Labute approximate surface area is 201 Å². The lowest BCUT2D eigenvalue weighted by Gasteiger charge is -2.14. The van der Waals surface area contributed by atoms with E-state index in [2.05, 4.69) is 26.0 Å². The molecule has 1 saturated heterocycles. The molecule has 3 N–H and O–H groups in total. The summed E-state index contributed by atoms with van der Waals surface area (Å²) >= 11 is 0. The van der Waals surface area contributed by atoms with Gasteiger partial charge in [-0.25, -0.2) is 4.98 Å². The van der Waals surface area contributed by atoms with Gasteiger partial charge in [-0.15, -0.1) is 0 Å². The Bertz CT molecular complexity index is 1330. The Hall–Kier alpha value is -3.44. The van der Waals surface area contributed by atoms with Crippen LogP contribution in [-0.4, -0.2) is 64.6 Å². The molecule has 35 heavy (non-hydrogen) atoms. The highest BCUT2D eigenvalue weighted by Gasteiger charge is 2.55. The molecule has 4 heterocycles. The zero-order valence-electron chi connectivity index (χ0n) is 19.7. The van der Waals surface area contributed by atoms with Gasteiger partial charge in [0.15, 0.2) is 5.65 Å². The molecule has 3 aromatic heterocycles. The first-order valence-corrected chi connectivity index (χ1v) is 12.0. The lowest BCUT2D eigenvalue weighted by Crippen LogP contribution is -2.33. The molecule has 3 fully saturated rings. The van der Waals surface area contributed by atoms with Crippen molar-refractivity contribution in [2.24, 2.45) is 11.8 Å². The van der Waals surface area contributed by atoms with Crippen molar-refractivity contribution in [1.29, 1.82) is 0 Å². The Morgan fingerprint density at radius 1 is 1.26 bits per heavy atom. The zero-order valence-corrected chi connectivity index (χ0v) is 19.7. The maximum atomic E-state index is 13.2. The molecule has 0 radical (unpaired) electrons. The van der Waals surface area contributed by atoms with Crippen molar-refractivity contribution in [2.75, 3.05) is 38.0 Å². The van der Waals surface area contributed by atoms with Gasteiger partial charge in [0.05, 0.1) is 25.5 Å². The largest absolute Gasteiger partial charge is 0.381 e. The van der Waals surface area contributed by atoms with Crippen molar-refractivity contribution in [2.45, 2.75) is 37.5 Å². The Balaban J connectivity index is 1.28. The first-order valence-electron chi connectivity index (χ1n) is 12.0. The molecule has 0 aromatic carbocycles. The number of nitrogens with one attached hydrogen (secondary N) is 3. The summed E-state index contributed by atoms with van der Waals surface area (Å²) in [7, 11) is 3.47. The molecule has 1 amide bonds. The van der Waals surface area contributed by atoms with Gasteiger partial charge in [0.25, 0.3) is 11.5 Å². The Morgan fingerprint density at radius 2 is 2.09 bits per heavy atom. The van der Waals surface area contributed by atoms with Crippen LogP contribution < -0.4 is 21.5 Å². The molecular weight excluding hydrogens is 450 g/mol. The quantitative estimate of drug-likeness (QED) is 0.469. The van der Waals surface area contributed by atoms with Crippen LogP contribution >= 0.6 is 0 Å². The summed E-state index contributed by atoms with van der Waals surface area (Å²) in [6, 6.07) is 5.62. The summed E-state index contributed by atoms with van der Waals surface area (Å²) in [5, 5.41) is 13.7. The third-order valence-corrected chi connectivity index (χ3v) is 7.49. The fraction of sp³-hybridized carbons (Fsp3) is 0.500. The molecule has 3 aliphatic rings. The van der Waals surface area contributed by atoms with Crippen molar-refractivity contribution in [3.05, 3.63) is 46.5 Å². The van der Waals surface area contributed by atoms with Crippen LogP contribution in [0.25, 0.3) is 5.65 Å². The fourth-order valence-electron chi connectivity index (χ4n) is 5.51. The predicted octanol–water partition coefficient (Wildman–Crippen LogP) is 1.79. The smallest absolute Gasteiger partial charge is 0.274 e. The van der Waals surface area contributed by atoms with Crippen molar-refractivity contribution >= 4 is 28.9 Å². The van der Waals surface area contributed by atoms with E-state index in [1.165, 1.54) is 6.20 Å². The zero-order chi connectivity index (χ0) is 24.1. The summed E-state index contributed by atoms with van der Waals surface area (Å²) in [4.78, 5) is 30.9. The molecule has 6 rings (SSSR count). The number of methoxy groups -OCH3 is 1. The molecule has 11 heteroatoms. The van der Waals surface area contributed by atoms with Crippen molar-refractivity contribution in [3.63, 3.8) is 0 Å². The van der Waals surface area contributed by atoms with Crippen LogP contribution in [0, 0.1) is 11.8 Å². The number of fused-ring (bicyclic) bond motifs is 2. The van der Waals surface area contributed by atoms with Gasteiger partial charge < -0.3 is 30.0 Å². The minimum absolute atomic E-state index is 0.0579. The summed E-state index contributed by atoms with van der Waals surface area (Å²) in [6.45, 7) is 1.42. The number of anilines is 3. The topological polar surface area (TPSA) is 124 Å². The van der Waals surface area contributed by atoms with Crippen LogP contribution in [0.4, 0.5) is 17.3 Å². The molecule has 5 atom stereocenters. The highest BCUT2D eigenvalue weighted by Crippen LogP contribution is 2.53. The molecule has 0 unspecified atom stereocenters. The molecular formula is C24H29N7O4. The van der Waals surface area contributed by atoms with Crippen molar-refractivity contribution in [3.8, 4) is 0 Å². The number of amides is 1. The second kappa shape index (κ2) is 8.65. The van der Waals surface area contributed by atoms with Crippen LogP contribution in [0.2, 0.25) is 0 Å². The lowest BCUT2D eigenvalue weighted by molar-refractivity contribution is 0.0916. The number of aromatic nitrogens is 4. The number of hydrogen-bond donors (Lipinski definition) is 3. The SMILES string of the molecule is CNc1cc(Nc2cccn([C@H]3[C@@H]4COC[C@@H]43)c2=O)nc2c(C(=O)N[C@H]3CC[C@H](OC)C3)cnn12. The standard InChI is InChI=1S/C24H29N7O4/c1-25-20-9-19(28-18-4-3-7-30(24(18)33)21-16-11-35-12-17(16)21)29-22-15(10-26-31(20)22)23(32)27-13-5-6-14(8-13)34-2/h3-4,7,9-10,13-14,16-17,21,25H,5-6,8,11-12H2,1-2H3,(H,27,32)(H,28,29)/t13-,14-,16-,17+,21+/m0/s1. The number of hydrogen-bond acceptors (Lipinski definition) is 8. The Morgan fingerprint density at radius 3 is 2.83 bits per heavy atom. The molecule has 0 spiro atoms. The van der Waals surface area contributed by atoms with Gasteiger partial charge in [0, 0.05) is 50.3 Å². The van der Waals surface area contributed by atoms with Crippen LogP contribution in [-0.2, 0) is 9.47 Å². The van der Waals surface area contributed by atoms with E-state index in [0.717, 1.165) is 19.3 Å². The van der Waals surface area contributed by atoms with Gasteiger partial charge in [-0.3, -0.25) is 9.59 Å². The normalized spacial score (nSPS) is 27.1. The van der Waals surface area contributed by atoms with Gasteiger partial charge in [0.2, 0.25) is 0 Å². The highest BCUT2D eigenvalue weighted by molar-refractivity contribution is 6.00. The maximum absolute atomic E-state index is 13.2. The van der Waals surface area contributed by atoms with Gasteiger partial charge in [-0.1, -0.05) is 0 Å². The van der Waals surface area contributed by atoms with E-state index < -0.39 is 0 Å². The van der Waals surface area contributed by atoms with Crippen LogP contribution in [0.5, 0.6) is 0 Å². The van der Waals surface area contributed by atoms with E-state index >= 15 is 0 Å². The second-order valence-electron chi connectivity index (χ2n) is 9.53. The van der Waals surface area contributed by atoms with E-state index in [1.54, 1.807) is 35.4 Å². The monoisotopic (exact) mass is 479 g/mol. The summed E-state index contributed by atoms with van der Waals surface area (Å²) in [5.74, 6) is 1.70. The predicted molar refractivity (Wildman–Crippen MR) is 129 cm³/mol.